The second kappa shape index (κ2) is 8.80. The van der Waals surface area contributed by atoms with Crippen LogP contribution in [0.5, 0.6) is 0 Å². The van der Waals surface area contributed by atoms with E-state index in [0.717, 1.165) is 28.2 Å². The van der Waals surface area contributed by atoms with E-state index in [1.165, 1.54) is 18.2 Å². The summed E-state index contributed by atoms with van der Waals surface area (Å²) in [6.07, 6.45) is 2.24. The van der Waals surface area contributed by atoms with Gasteiger partial charge in [0.2, 0.25) is 15.9 Å². The molecule has 0 bridgehead atoms. The minimum atomic E-state index is -3.65. The smallest absolute Gasteiger partial charge is 0.232 e. The Morgan fingerprint density at radius 1 is 1.12 bits per heavy atom. The number of hydrogen-bond acceptors (Lipinski definition) is 3. The number of aryl methyl sites for hydroxylation is 1. The maximum Gasteiger partial charge on any atom is 0.232 e. The third-order valence-corrected chi connectivity index (χ3v) is 5.14. The number of para-hydroxylation sites is 2. The summed E-state index contributed by atoms with van der Waals surface area (Å²) in [7, 11) is -3.65. The van der Waals surface area contributed by atoms with Crippen LogP contribution in [0.1, 0.15) is 25.3 Å². The van der Waals surface area contributed by atoms with E-state index in [2.05, 4.69) is 5.32 Å². The topological polar surface area (TPSA) is 66.5 Å². The van der Waals surface area contributed by atoms with E-state index in [0.29, 0.717) is 0 Å². The Hall–Kier alpha value is -2.41. The van der Waals surface area contributed by atoms with Crippen LogP contribution in [-0.4, -0.2) is 27.1 Å². The van der Waals surface area contributed by atoms with Gasteiger partial charge >= 0.3 is 0 Å². The molecule has 0 saturated heterocycles. The molecule has 2 rings (SSSR count). The second-order valence-corrected chi connectivity index (χ2v) is 7.86. The van der Waals surface area contributed by atoms with Crippen molar-refractivity contribution >= 4 is 27.3 Å². The third-order valence-electron chi connectivity index (χ3n) is 3.96. The summed E-state index contributed by atoms with van der Waals surface area (Å²) in [6.45, 7) is 2.03. The number of sulfonamides is 1. The van der Waals surface area contributed by atoms with Crippen molar-refractivity contribution in [3.63, 3.8) is 0 Å². The largest absolute Gasteiger partial charge is 0.326 e. The molecule has 1 N–H and O–H groups in total. The Balaban J connectivity index is 2.00. The van der Waals surface area contributed by atoms with Crippen LogP contribution in [0.15, 0.2) is 48.5 Å². The number of nitrogens with zero attached hydrogens (tertiary/aromatic N) is 1. The van der Waals surface area contributed by atoms with Crippen molar-refractivity contribution in [2.24, 2.45) is 0 Å². The Kier molecular flexibility index (Phi) is 6.74. The van der Waals surface area contributed by atoms with Gasteiger partial charge in [0.25, 0.3) is 0 Å². The maximum atomic E-state index is 13.9. The molecule has 26 heavy (non-hydrogen) atoms. The molecular weight excluding hydrogens is 355 g/mol. The highest BCUT2D eigenvalue weighted by Gasteiger charge is 2.20. The van der Waals surface area contributed by atoms with E-state index in [9.17, 15) is 17.6 Å². The van der Waals surface area contributed by atoms with Crippen LogP contribution >= 0.6 is 0 Å². The van der Waals surface area contributed by atoms with Gasteiger partial charge in [0.15, 0.2) is 0 Å². The van der Waals surface area contributed by atoms with Crippen LogP contribution in [0.4, 0.5) is 15.8 Å². The van der Waals surface area contributed by atoms with Gasteiger partial charge in [-0.3, -0.25) is 9.10 Å². The van der Waals surface area contributed by atoms with Gasteiger partial charge in [-0.05, 0) is 36.6 Å². The second-order valence-electron chi connectivity index (χ2n) is 5.95. The maximum absolute atomic E-state index is 13.9. The van der Waals surface area contributed by atoms with Gasteiger partial charge in [-0.15, -0.1) is 0 Å². The zero-order valence-corrected chi connectivity index (χ0v) is 15.7. The van der Waals surface area contributed by atoms with Crippen molar-refractivity contribution in [2.75, 3.05) is 22.4 Å². The average Bonchev–Trinajstić information content (AvgIpc) is 2.59. The summed E-state index contributed by atoms with van der Waals surface area (Å²) >= 11 is 0. The molecule has 0 aliphatic heterocycles. The van der Waals surface area contributed by atoms with Crippen LogP contribution in [-0.2, 0) is 21.2 Å². The highest BCUT2D eigenvalue weighted by Crippen LogP contribution is 2.22. The van der Waals surface area contributed by atoms with Crippen molar-refractivity contribution in [1.82, 2.24) is 0 Å². The van der Waals surface area contributed by atoms with E-state index in [4.69, 9.17) is 0 Å². The minimum Gasteiger partial charge on any atom is -0.326 e. The number of anilines is 2. The van der Waals surface area contributed by atoms with Gasteiger partial charge in [0, 0.05) is 18.7 Å². The fourth-order valence-corrected chi connectivity index (χ4v) is 3.63. The summed E-state index contributed by atoms with van der Waals surface area (Å²) in [4.78, 5) is 12.2. The fourth-order valence-electron chi connectivity index (χ4n) is 2.67. The van der Waals surface area contributed by atoms with Crippen molar-refractivity contribution in [3.05, 3.63) is 59.9 Å². The van der Waals surface area contributed by atoms with Crippen molar-refractivity contribution in [1.29, 1.82) is 0 Å². The van der Waals surface area contributed by atoms with Crippen molar-refractivity contribution in [2.45, 2.75) is 26.2 Å². The number of carbonyl (C=O) groups is 1. The Morgan fingerprint density at radius 2 is 1.77 bits per heavy atom. The molecule has 2 aromatic rings. The third kappa shape index (κ3) is 5.29. The SMILES string of the molecule is CCc1ccccc1NC(=O)CCCN(c1ccccc1F)S(C)(=O)=O. The molecule has 0 radical (unpaired) electrons. The molecule has 0 spiro atoms. The van der Waals surface area contributed by atoms with E-state index in [1.54, 1.807) is 6.07 Å². The molecular formula is C19H23FN2O3S. The minimum absolute atomic E-state index is 0.00765. The predicted octanol–water partition coefficient (Wildman–Crippen LogP) is 3.57. The lowest BCUT2D eigenvalue weighted by atomic mass is 10.1. The van der Waals surface area contributed by atoms with E-state index < -0.39 is 15.8 Å². The molecule has 0 fully saturated rings. The first-order chi connectivity index (χ1) is 12.3. The molecule has 1 amide bonds. The first-order valence-electron chi connectivity index (χ1n) is 8.43. The average molecular weight is 378 g/mol. The first-order valence-corrected chi connectivity index (χ1v) is 10.3. The summed E-state index contributed by atoms with van der Waals surface area (Å²) in [5, 5.41) is 2.84. The quantitative estimate of drug-likeness (QED) is 0.764. The first kappa shape index (κ1) is 19.9. The molecule has 0 aromatic heterocycles. The summed E-state index contributed by atoms with van der Waals surface area (Å²) in [5.41, 5.74) is 1.78. The molecule has 0 atom stereocenters. The van der Waals surface area contributed by atoms with Gasteiger partial charge in [0.05, 0.1) is 11.9 Å². The Labute approximate surface area is 153 Å². The summed E-state index contributed by atoms with van der Waals surface area (Å²) < 4.78 is 38.9. The zero-order valence-electron chi connectivity index (χ0n) is 14.9. The Morgan fingerprint density at radius 3 is 2.42 bits per heavy atom. The normalized spacial score (nSPS) is 11.2. The lowest BCUT2D eigenvalue weighted by molar-refractivity contribution is -0.116. The number of rotatable bonds is 8. The van der Waals surface area contributed by atoms with Crippen LogP contribution < -0.4 is 9.62 Å². The number of benzene rings is 2. The standard InChI is InChI=1S/C19H23FN2O3S/c1-3-15-9-4-6-11-17(15)21-19(23)13-8-14-22(26(2,24)25)18-12-7-5-10-16(18)20/h4-7,9-12H,3,8,13-14H2,1-2H3,(H,21,23). The Bertz CT molecular complexity index is 869. The number of amides is 1. The molecule has 0 aliphatic rings. The van der Waals surface area contributed by atoms with Crippen LogP contribution in [0.3, 0.4) is 0 Å². The molecule has 5 nitrogen and oxygen atoms in total. The van der Waals surface area contributed by atoms with E-state index in [1.807, 2.05) is 31.2 Å². The number of nitrogens with one attached hydrogen (secondary N) is 1. The van der Waals surface area contributed by atoms with Crippen LogP contribution in [0.25, 0.3) is 0 Å². The highest BCUT2D eigenvalue weighted by atomic mass is 32.2. The van der Waals surface area contributed by atoms with E-state index in [-0.39, 0.29) is 31.0 Å². The summed E-state index contributed by atoms with van der Waals surface area (Å²) in [6, 6.07) is 13.2. The number of hydrogen-bond donors (Lipinski definition) is 1. The van der Waals surface area contributed by atoms with Crippen LogP contribution in [0, 0.1) is 5.82 Å². The van der Waals surface area contributed by atoms with Gasteiger partial charge in [-0.2, -0.15) is 0 Å². The molecule has 0 heterocycles. The molecule has 140 valence electrons. The predicted molar refractivity (Wildman–Crippen MR) is 102 cm³/mol. The van der Waals surface area contributed by atoms with Gasteiger partial charge < -0.3 is 5.32 Å². The summed E-state index contributed by atoms with van der Waals surface area (Å²) in [5.74, 6) is -0.813. The van der Waals surface area contributed by atoms with Gasteiger partial charge in [0.1, 0.15) is 5.82 Å². The van der Waals surface area contributed by atoms with Crippen molar-refractivity contribution < 1.29 is 17.6 Å². The molecule has 2 aromatic carbocycles. The molecule has 7 heteroatoms. The van der Waals surface area contributed by atoms with Crippen LogP contribution in [0.2, 0.25) is 0 Å². The van der Waals surface area contributed by atoms with Gasteiger partial charge in [-0.1, -0.05) is 37.3 Å². The molecule has 0 unspecified atom stereocenters. The number of carbonyl (C=O) groups excluding carboxylic acids is 1. The molecule has 0 saturated carbocycles. The highest BCUT2D eigenvalue weighted by molar-refractivity contribution is 7.92. The monoisotopic (exact) mass is 378 g/mol. The zero-order chi connectivity index (χ0) is 19.2. The lowest BCUT2D eigenvalue weighted by Crippen LogP contribution is -2.32. The van der Waals surface area contributed by atoms with E-state index >= 15 is 0 Å². The number of halogens is 1. The van der Waals surface area contributed by atoms with Crippen molar-refractivity contribution in [3.8, 4) is 0 Å². The molecule has 0 aliphatic carbocycles. The van der Waals surface area contributed by atoms with Gasteiger partial charge in [-0.25, -0.2) is 12.8 Å². The lowest BCUT2D eigenvalue weighted by Gasteiger charge is -2.22. The fraction of sp³-hybridized carbons (Fsp3) is 0.316.